The molecule has 0 N–H and O–H groups in total. The summed E-state index contributed by atoms with van der Waals surface area (Å²) in [7, 11) is -1.84. The van der Waals surface area contributed by atoms with Crippen molar-refractivity contribution in [3.8, 4) is 0 Å². The fourth-order valence-electron chi connectivity index (χ4n) is 7.32. The van der Waals surface area contributed by atoms with E-state index in [4.69, 9.17) is 9.47 Å². The van der Waals surface area contributed by atoms with Crippen LogP contribution in [0.4, 0.5) is 0 Å². The maximum absolute atomic E-state index is 6.06. The number of hydrogen-bond donors (Lipinski definition) is 0. The smallest absolute Gasteiger partial charge is 0.240 e. The minimum atomic E-state index is -0.705. The Bertz CT molecular complexity index is 1800. The van der Waals surface area contributed by atoms with Gasteiger partial charge in [-0.25, -0.2) is 0 Å². The summed E-state index contributed by atoms with van der Waals surface area (Å²) in [6.45, 7) is 2.55. The number of ether oxygens (including phenoxy) is 2. The zero-order chi connectivity index (χ0) is 35.4. The van der Waals surface area contributed by atoms with Gasteiger partial charge in [0.15, 0.2) is 0 Å². The molecular weight excluding hydrogens is 689 g/mol. The molecule has 0 radical (unpaired) electrons. The molecule has 1 aliphatic heterocycles. The highest BCUT2D eigenvalue weighted by Crippen LogP contribution is 2.50. The van der Waals surface area contributed by atoms with E-state index in [9.17, 15) is 0 Å². The lowest BCUT2D eigenvalue weighted by Crippen LogP contribution is -2.33. The van der Waals surface area contributed by atoms with Crippen molar-refractivity contribution < 1.29 is 9.47 Å². The number of hydrogen-bond acceptors (Lipinski definition) is 2. The van der Waals surface area contributed by atoms with Gasteiger partial charge in [0.1, 0.15) is 12.5 Å². The van der Waals surface area contributed by atoms with E-state index in [1.165, 1.54) is 31.8 Å². The number of benzene rings is 6. The van der Waals surface area contributed by atoms with Crippen LogP contribution in [0.1, 0.15) is 19.8 Å². The molecule has 6 aromatic carbocycles. The van der Waals surface area contributed by atoms with Crippen molar-refractivity contribution in [2.45, 2.75) is 31.7 Å². The highest BCUT2D eigenvalue weighted by molar-refractivity contribution is 7.74. The van der Waals surface area contributed by atoms with Crippen LogP contribution >= 0.6 is 23.8 Å². The van der Waals surface area contributed by atoms with Gasteiger partial charge in [-0.1, -0.05) is 189 Å². The minimum absolute atomic E-state index is 0.270. The quantitative estimate of drug-likeness (QED) is 0.0923. The summed E-state index contributed by atoms with van der Waals surface area (Å²) >= 11 is 0. The van der Waals surface area contributed by atoms with Crippen LogP contribution in [-0.4, -0.2) is 24.3 Å². The van der Waals surface area contributed by atoms with Crippen LogP contribution in [0.15, 0.2) is 195 Å². The van der Waals surface area contributed by atoms with E-state index in [-0.39, 0.29) is 6.29 Å². The molecule has 5 heteroatoms. The summed E-state index contributed by atoms with van der Waals surface area (Å²) in [6.07, 6.45) is 7.36. The van der Waals surface area contributed by atoms with Crippen molar-refractivity contribution in [1.82, 2.24) is 0 Å². The average Bonchev–Trinajstić information content (AvgIpc) is 3.74. The van der Waals surface area contributed by atoms with E-state index in [1.54, 1.807) is 12.5 Å². The molecule has 7 rings (SSSR count). The maximum Gasteiger partial charge on any atom is 0.240 e. The molecular formula is C47H47O2P3. The first kappa shape index (κ1) is 36.3. The molecule has 2 nitrogen and oxygen atoms in total. The Labute approximate surface area is 314 Å². The topological polar surface area (TPSA) is 18.5 Å². The maximum atomic E-state index is 6.06. The van der Waals surface area contributed by atoms with Gasteiger partial charge in [-0.05, 0) is 91.8 Å². The molecule has 0 aromatic heterocycles. The second-order valence-corrected chi connectivity index (χ2v) is 20.5. The van der Waals surface area contributed by atoms with E-state index in [1.807, 2.05) is 0 Å². The third-order valence-electron chi connectivity index (χ3n) is 9.95. The molecule has 1 heterocycles. The van der Waals surface area contributed by atoms with E-state index in [0.717, 1.165) is 25.2 Å². The monoisotopic (exact) mass is 736 g/mol. The summed E-state index contributed by atoms with van der Waals surface area (Å²) in [5, 5.41) is 8.63. The van der Waals surface area contributed by atoms with Crippen molar-refractivity contribution in [2.24, 2.45) is 11.8 Å². The van der Waals surface area contributed by atoms with E-state index in [0.29, 0.717) is 17.5 Å². The molecule has 0 amide bonds. The largest absolute Gasteiger partial charge is 0.459 e. The molecule has 52 heavy (non-hydrogen) atoms. The standard InChI is InChI=1S/C47H47O2P3/c1-38(36-50(40-20-8-2-9-21-40)41-22-10-3-11-23-41)39(37-51(42-24-12-4-13-25-42)43-26-14-5-15-27-43)34-46(35-47-48-32-33-49-47)52(44-28-16-6-17-29-44)45-30-18-7-19-31-45/h2-33,38-39,46-47H,34-37H2,1H3/t38-,39-,46+/m1/s1. The Hall–Kier alpha value is -4.05. The molecule has 0 unspecified atom stereocenters. The molecule has 1 aliphatic rings. The van der Waals surface area contributed by atoms with E-state index >= 15 is 0 Å². The molecule has 0 aliphatic carbocycles. The lowest BCUT2D eigenvalue weighted by atomic mass is 9.91. The van der Waals surface area contributed by atoms with Gasteiger partial charge >= 0.3 is 0 Å². The molecule has 0 saturated carbocycles. The van der Waals surface area contributed by atoms with Gasteiger partial charge < -0.3 is 9.47 Å². The minimum Gasteiger partial charge on any atom is -0.459 e. The molecule has 3 atom stereocenters. The Morgan fingerprint density at radius 3 is 1.13 bits per heavy atom. The van der Waals surface area contributed by atoms with Gasteiger partial charge in [-0.2, -0.15) is 0 Å². The first-order valence-electron chi connectivity index (χ1n) is 18.3. The van der Waals surface area contributed by atoms with Crippen molar-refractivity contribution in [3.63, 3.8) is 0 Å². The van der Waals surface area contributed by atoms with Crippen LogP contribution in [0.3, 0.4) is 0 Å². The molecule has 0 bridgehead atoms. The normalized spacial score (nSPS) is 14.6. The summed E-state index contributed by atoms with van der Waals surface area (Å²) in [4.78, 5) is 0. The Morgan fingerprint density at radius 2 is 0.769 bits per heavy atom. The van der Waals surface area contributed by atoms with E-state index < -0.39 is 23.8 Å². The Morgan fingerprint density at radius 1 is 0.442 bits per heavy atom. The van der Waals surface area contributed by atoms with Crippen LogP contribution in [0.2, 0.25) is 0 Å². The van der Waals surface area contributed by atoms with Gasteiger partial charge in [0.2, 0.25) is 6.29 Å². The second-order valence-electron chi connectivity index (χ2n) is 13.4. The van der Waals surface area contributed by atoms with Gasteiger partial charge in [0.05, 0.1) is 0 Å². The summed E-state index contributed by atoms with van der Waals surface area (Å²) in [5.41, 5.74) is 0.347. The average molecular weight is 737 g/mol. The predicted octanol–water partition coefficient (Wildman–Crippen LogP) is 9.63. The van der Waals surface area contributed by atoms with Crippen molar-refractivity contribution >= 4 is 55.6 Å². The highest BCUT2D eigenvalue weighted by atomic mass is 31.1. The lowest BCUT2D eigenvalue weighted by molar-refractivity contribution is -0.0291. The SMILES string of the molecule is C[C@H](CP(c1ccccc1)c1ccccc1)[C@H](C[C@@H](CC1OC=CO1)P(c1ccccc1)c1ccccc1)CP(c1ccccc1)c1ccccc1. The van der Waals surface area contributed by atoms with Gasteiger partial charge in [-0.3, -0.25) is 0 Å². The zero-order valence-corrected chi connectivity index (χ0v) is 32.5. The molecule has 6 aromatic rings. The van der Waals surface area contributed by atoms with Crippen LogP contribution in [0.25, 0.3) is 0 Å². The fourth-order valence-corrected chi connectivity index (χ4v) is 15.7. The third-order valence-corrected chi connectivity index (χ3v) is 18.3. The number of rotatable bonds is 16. The highest BCUT2D eigenvalue weighted by Gasteiger charge is 2.35. The molecule has 0 spiro atoms. The van der Waals surface area contributed by atoms with Crippen LogP contribution in [-0.2, 0) is 9.47 Å². The van der Waals surface area contributed by atoms with Gasteiger partial charge in [0.25, 0.3) is 0 Å². The molecule has 0 fully saturated rings. The predicted molar refractivity (Wildman–Crippen MR) is 228 cm³/mol. The summed E-state index contributed by atoms with van der Waals surface area (Å²) in [5.74, 6) is 0.930. The fraction of sp³-hybridized carbons (Fsp3) is 0.191. The second kappa shape index (κ2) is 18.6. The lowest BCUT2D eigenvalue weighted by Gasteiger charge is -2.37. The first-order valence-corrected chi connectivity index (χ1v) is 22.8. The van der Waals surface area contributed by atoms with Crippen molar-refractivity contribution in [2.75, 3.05) is 12.3 Å². The Kier molecular flexibility index (Phi) is 13.0. The summed E-state index contributed by atoms with van der Waals surface area (Å²) < 4.78 is 12.1. The third kappa shape index (κ3) is 9.48. The molecule has 262 valence electrons. The van der Waals surface area contributed by atoms with Gasteiger partial charge in [-0.15, -0.1) is 0 Å². The van der Waals surface area contributed by atoms with E-state index in [2.05, 4.69) is 189 Å². The van der Waals surface area contributed by atoms with Crippen LogP contribution in [0.5, 0.6) is 0 Å². The van der Waals surface area contributed by atoms with Crippen molar-refractivity contribution in [3.05, 3.63) is 195 Å². The summed E-state index contributed by atoms with van der Waals surface area (Å²) in [6, 6.07) is 67.5. The zero-order valence-electron chi connectivity index (χ0n) is 29.8. The van der Waals surface area contributed by atoms with Crippen LogP contribution < -0.4 is 31.8 Å². The Balaban J connectivity index is 1.31. The molecule has 0 saturated heterocycles. The van der Waals surface area contributed by atoms with Gasteiger partial charge in [0, 0.05) is 6.42 Å². The van der Waals surface area contributed by atoms with Crippen LogP contribution in [0, 0.1) is 11.8 Å². The first-order chi connectivity index (χ1) is 25.7. The van der Waals surface area contributed by atoms with Crippen molar-refractivity contribution in [1.29, 1.82) is 0 Å².